The molecule has 2 rings (SSSR count). The number of rotatable bonds is 3. The minimum absolute atomic E-state index is 0.490. The third-order valence-electron chi connectivity index (χ3n) is 3.20. The van der Waals surface area contributed by atoms with E-state index in [-0.39, 0.29) is 0 Å². The van der Waals surface area contributed by atoms with Gasteiger partial charge in [0.25, 0.3) is 0 Å². The van der Waals surface area contributed by atoms with Crippen LogP contribution < -0.4 is 0 Å². The second kappa shape index (κ2) is 5.81. The molecule has 0 N–H and O–H groups in total. The Kier molecular flexibility index (Phi) is 4.33. The summed E-state index contributed by atoms with van der Waals surface area (Å²) in [6.07, 6.45) is 1.84. The van der Waals surface area contributed by atoms with Gasteiger partial charge in [0.2, 0.25) is 0 Å². The Morgan fingerprint density at radius 3 is 2.63 bits per heavy atom. The maximum Gasteiger partial charge on any atom is 0.0848 e. The number of hydrogen-bond donors (Lipinski definition) is 0. The van der Waals surface area contributed by atoms with Crippen LogP contribution in [0.15, 0.2) is 29.3 Å². The van der Waals surface area contributed by atoms with Gasteiger partial charge in [0, 0.05) is 29.7 Å². The molecule has 0 saturated carbocycles. The first-order valence-electron chi connectivity index (χ1n) is 6.19. The van der Waals surface area contributed by atoms with E-state index >= 15 is 0 Å². The Balaban J connectivity index is 2.36. The topological polar surface area (TPSA) is 17.3 Å². The van der Waals surface area contributed by atoms with Gasteiger partial charge >= 0.3 is 0 Å². The van der Waals surface area contributed by atoms with Gasteiger partial charge in [-0.3, -0.25) is 4.99 Å². The average molecular weight is 295 g/mol. The van der Waals surface area contributed by atoms with Crippen LogP contribution in [0, 0.1) is 13.8 Å². The molecule has 0 spiro atoms. The van der Waals surface area contributed by atoms with Gasteiger partial charge in [-0.25, -0.2) is 0 Å². The highest BCUT2D eigenvalue weighted by atomic mass is 35.5. The van der Waals surface area contributed by atoms with Crippen molar-refractivity contribution < 1.29 is 0 Å². The van der Waals surface area contributed by atoms with Crippen LogP contribution in [0.3, 0.4) is 0 Å². The first-order valence-corrected chi connectivity index (χ1v) is 6.95. The van der Waals surface area contributed by atoms with Gasteiger partial charge in [-0.1, -0.05) is 29.3 Å². The molecule has 2 aromatic rings. The molecule has 1 aromatic heterocycles. The lowest BCUT2D eigenvalue weighted by Crippen LogP contribution is -1.99. The molecule has 0 aliphatic carbocycles. The number of benzene rings is 1. The predicted octanol–water partition coefficient (Wildman–Crippen LogP) is 5.18. The zero-order valence-corrected chi connectivity index (χ0v) is 12.8. The van der Waals surface area contributed by atoms with Crippen LogP contribution in [0.5, 0.6) is 0 Å². The van der Waals surface area contributed by atoms with Crippen molar-refractivity contribution in [2.45, 2.75) is 27.3 Å². The van der Waals surface area contributed by atoms with Crippen molar-refractivity contribution in [3.05, 3.63) is 51.3 Å². The fourth-order valence-corrected chi connectivity index (χ4v) is 2.52. The maximum atomic E-state index is 6.11. The summed E-state index contributed by atoms with van der Waals surface area (Å²) in [5.74, 6) is 0. The molecular formula is C15H16Cl2N2. The van der Waals surface area contributed by atoms with E-state index in [4.69, 9.17) is 23.2 Å². The minimum Gasteiger partial charge on any atom is -0.349 e. The molecule has 0 aliphatic heterocycles. The lowest BCUT2D eigenvalue weighted by molar-refractivity contribution is 0.718. The van der Waals surface area contributed by atoms with Gasteiger partial charge < -0.3 is 4.57 Å². The van der Waals surface area contributed by atoms with E-state index in [0.717, 1.165) is 12.1 Å². The SMILES string of the molecule is CCn1c(C)cc(C=Nc2cccc(Cl)c2Cl)c1C. The third kappa shape index (κ3) is 2.85. The Morgan fingerprint density at radius 2 is 2.00 bits per heavy atom. The van der Waals surface area contributed by atoms with E-state index < -0.39 is 0 Å². The number of halogens is 2. The Hall–Kier alpha value is -1.25. The molecule has 4 heteroatoms. The molecule has 0 saturated heterocycles. The van der Waals surface area contributed by atoms with Crippen LogP contribution >= 0.6 is 23.2 Å². The smallest absolute Gasteiger partial charge is 0.0848 e. The molecule has 1 heterocycles. The van der Waals surface area contributed by atoms with Crippen molar-refractivity contribution >= 4 is 35.1 Å². The fourth-order valence-electron chi connectivity index (χ4n) is 2.18. The molecule has 0 bridgehead atoms. The number of hydrogen-bond acceptors (Lipinski definition) is 1. The number of aromatic nitrogens is 1. The summed E-state index contributed by atoms with van der Waals surface area (Å²) in [6.45, 7) is 7.29. The zero-order chi connectivity index (χ0) is 14.0. The van der Waals surface area contributed by atoms with Crippen LogP contribution in [-0.4, -0.2) is 10.8 Å². The van der Waals surface area contributed by atoms with Crippen molar-refractivity contribution in [1.29, 1.82) is 0 Å². The zero-order valence-electron chi connectivity index (χ0n) is 11.2. The molecule has 0 fully saturated rings. The maximum absolute atomic E-state index is 6.11. The van der Waals surface area contributed by atoms with E-state index in [1.165, 1.54) is 11.4 Å². The van der Waals surface area contributed by atoms with E-state index in [1.54, 1.807) is 6.07 Å². The number of nitrogens with zero attached hydrogens (tertiary/aromatic N) is 2. The second-order valence-electron chi connectivity index (χ2n) is 4.40. The van der Waals surface area contributed by atoms with Crippen LogP contribution in [0.1, 0.15) is 23.9 Å². The largest absolute Gasteiger partial charge is 0.349 e. The molecule has 100 valence electrons. The van der Waals surface area contributed by atoms with Crippen LogP contribution in [0.4, 0.5) is 5.69 Å². The van der Waals surface area contributed by atoms with Gasteiger partial charge in [0.05, 0.1) is 15.7 Å². The summed E-state index contributed by atoms with van der Waals surface area (Å²) in [5, 5.41) is 1.01. The molecule has 0 atom stereocenters. The Labute approximate surface area is 123 Å². The van der Waals surface area contributed by atoms with Gasteiger partial charge in [0.15, 0.2) is 0 Å². The Bertz CT molecular complexity index is 627. The lowest BCUT2D eigenvalue weighted by atomic mass is 10.2. The molecule has 0 amide bonds. The van der Waals surface area contributed by atoms with Gasteiger partial charge in [0.1, 0.15) is 0 Å². The van der Waals surface area contributed by atoms with Crippen molar-refractivity contribution in [2.75, 3.05) is 0 Å². The highest BCUT2D eigenvalue weighted by molar-refractivity contribution is 6.43. The van der Waals surface area contributed by atoms with Crippen molar-refractivity contribution in [3.8, 4) is 0 Å². The van der Waals surface area contributed by atoms with Crippen LogP contribution in [-0.2, 0) is 6.54 Å². The highest BCUT2D eigenvalue weighted by Gasteiger charge is 2.06. The van der Waals surface area contributed by atoms with Gasteiger partial charge in [-0.15, -0.1) is 0 Å². The molecule has 19 heavy (non-hydrogen) atoms. The third-order valence-corrected chi connectivity index (χ3v) is 4.01. The molecule has 0 aliphatic rings. The van der Waals surface area contributed by atoms with E-state index in [1.807, 2.05) is 18.3 Å². The minimum atomic E-state index is 0.490. The molecular weight excluding hydrogens is 279 g/mol. The molecule has 0 unspecified atom stereocenters. The van der Waals surface area contributed by atoms with E-state index in [0.29, 0.717) is 15.7 Å². The molecule has 0 radical (unpaired) electrons. The van der Waals surface area contributed by atoms with Gasteiger partial charge in [-0.05, 0) is 39.0 Å². The van der Waals surface area contributed by atoms with Crippen LogP contribution in [0.2, 0.25) is 10.0 Å². The standard InChI is InChI=1S/C15H16Cl2N2/c1-4-19-10(2)8-12(11(19)3)9-18-14-7-5-6-13(16)15(14)17/h5-9H,4H2,1-3H3. The summed E-state index contributed by atoms with van der Waals surface area (Å²) in [7, 11) is 0. The van der Waals surface area contributed by atoms with Crippen molar-refractivity contribution in [1.82, 2.24) is 4.57 Å². The first kappa shape index (κ1) is 14.2. The van der Waals surface area contributed by atoms with E-state index in [2.05, 4.69) is 36.4 Å². The fraction of sp³-hybridized carbons (Fsp3) is 0.267. The van der Waals surface area contributed by atoms with Gasteiger partial charge in [-0.2, -0.15) is 0 Å². The predicted molar refractivity (Wildman–Crippen MR) is 83.3 cm³/mol. The quantitative estimate of drug-likeness (QED) is 0.694. The number of aliphatic imine (C=N–C) groups is 1. The summed E-state index contributed by atoms with van der Waals surface area (Å²) >= 11 is 12.1. The average Bonchev–Trinajstić information content (AvgIpc) is 2.66. The number of aryl methyl sites for hydroxylation is 1. The normalized spacial score (nSPS) is 11.4. The van der Waals surface area contributed by atoms with E-state index in [9.17, 15) is 0 Å². The van der Waals surface area contributed by atoms with Crippen LogP contribution in [0.25, 0.3) is 0 Å². The highest BCUT2D eigenvalue weighted by Crippen LogP contribution is 2.31. The Morgan fingerprint density at radius 1 is 1.26 bits per heavy atom. The first-order chi connectivity index (χ1) is 9.04. The summed E-state index contributed by atoms with van der Waals surface area (Å²) in [5.41, 5.74) is 4.24. The summed E-state index contributed by atoms with van der Waals surface area (Å²) < 4.78 is 2.25. The summed E-state index contributed by atoms with van der Waals surface area (Å²) in [6, 6.07) is 7.58. The second-order valence-corrected chi connectivity index (χ2v) is 5.19. The lowest BCUT2D eigenvalue weighted by Gasteiger charge is -2.04. The molecule has 2 nitrogen and oxygen atoms in total. The molecule has 1 aromatic carbocycles. The monoisotopic (exact) mass is 294 g/mol. The van der Waals surface area contributed by atoms with Crippen molar-refractivity contribution in [2.24, 2.45) is 4.99 Å². The summed E-state index contributed by atoms with van der Waals surface area (Å²) in [4.78, 5) is 4.43. The van der Waals surface area contributed by atoms with Crippen molar-refractivity contribution in [3.63, 3.8) is 0 Å².